The summed E-state index contributed by atoms with van der Waals surface area (Å²) in [5.74, 6) is -0.204. The lowest BCUT2D eigenvalue weighted by Crippen LogP contribution is -2.33. The molecule has 1 heterocycles. The quantitative estimate of drug-likeness (QED) is 0.401. The number of hydrogen-bond acceptors (Lipinski definition) is 0. The Bertz CT molecular complexity index is 1490. The first-order chi connectivity index (χ1) is 14.8. The number of fused-ring (bicyclic) bond motifs is 3. The van der Waals surface area contributed by atoms with Gasteiger partial charge in [-0.1, -0.05) is 97.1 Å². The Morgan fingerprint density at radius 3 is 2.40 bits per heavy atom. The molecule has 0 saturated heterocycles. The maximum atomic E-state index is 13.9. The van der Waals surface area contributed by atoms with Crippen molar-refractivity contribution in [3.63, 3.8) is 0 Å². The summed E-state index contributed by atoms with van der Waals surface area (Å²) in [6.45, 7) is 0. The zero-order chi connectivity index (χ0) is 20.1. The molecule has 4 aromatic carbocycles. The molecule has 142 valence electrons. The van der Waals surface area contributed by atoms with Crippen molar-refractivity contribution in [2.75, 3.05) is 0 Å². The molecular weight excluding hydrogens is 383 g/mol. The Morgan fingerprint density at radius 2 is 1.50 bits per heavy atom. The van der Waals surface area contributed by atoms with Crippen LogP contribution in [-0.4, -0.2) is 9.13 Å². The summed E-state index contributed by atoms with van der Waals surface area (Å²) in [6.07, 6.45) is 6.78. The highest BCUT2D eigenvalue weighted by Gasteiger charge is 2.40. The van der Waals surface area contributed by atoms with E-state index in [9.17, 15) is 4.39 Å². The van der Waals surface area contributed by atoms with E-state index in [2.05, 4.69) is 85.0 Å². The zero-order valence-electron chi connectivity index (χ0n) is 16.3. The van der Waals surface area contributed by atoms with E-state index in [4.69, 9.17) is 0 Å². The molecule has 1 aliphatic heterocycles. The largest absolute Gasteiger partial charge is 0.207 e. The third kappa shape index (κ3) is 2.41. The lowest BCUT2D eigenvalue weighted by molar-refractivity contribution is 0.626. The summed E-state index contributed by atoms with van der Waals surface area (Å²) in [4.78, 5) is 1.44. The molecule has 1 atom stereocenters. The van der Waals surface area contributed by atoms with Crippen LogP contribution in [0.4, 0.5) is 4.39 Å². The second kappa shape index (κ2) is 6.58. The van der Waals surface area contributed by atoms with E-state index in [1.165, 1.54) is 37.1 Å². The number of halogens is 1. The van der Waals surface area contributed by atoms with Gasteiger partial charge in [0.1, 0.15) is 5.82 Å². The van der Waals surface area contributed by atoms with Crippen LogP contribution in [0.1, 0.15) is 11.1 Å². The molecule has 4 aromatic rings. The van der Waals surface area contributed by atoms with E-state index in [1.54, 1.807) is 12.1 Å². The van der Waals surface area contributed by atoms with Gasteiger partial charge in [-0.3, -0.25) is 0 Å². The Hall–Kier alpha value is -3.36. The van der Waals surface area contributed by atoms with Crippen molar-refractivity contribution >= 4 is 25.5 Å². The lowest BCUT2D eigenvalue weighted by atomic mass is 9.65. The molecular formula is C28H19FSi. The van der Waals surface area contributed by atoms with E-state index in [-0.39, 0.29) is 14.9 Å². The topological polar surface area (TPSA) is 0 Å². The molecule has 0 aromatic heterocycles. The summed E-state index contributed by atoms with van der Waals surface area (Å²) >= 11 is 0. The third-order valence-electron chi connectivity index (χ3n) is 6.36. The van der Waals surface area contributed by atoms with Gasteiger partial charge in [0, 0.05) is 9.13 Å². The number of rotatable bonds is 2. The minimum absolute atomic E-state index is 0.0492. The Labute approximate surface area is 176 Å². The number of hydrogen-bond donors (Lipinski definition) is 0. The van der Waals surface area contributed by atoms with Crippen LogP contribution in [0, 0.1) is 10.6 Å². The predicted octanol–water partition coefficient (Wildman–Crippen LogP) is 5.27. The molecule has 6 rings (SSSR count). The standard InChI is InChI=1S/C28H19FSi/c29-21-16-14-20(15-17-21)28(24-11-5-8-19-7-1-2-9-22(19)24)18-6-13-26-27(28)23-10-3-4-12-25(23)30-26/h1-18,30H. The van der Waals surface area contributed by atoms with Crippen LogP contribution in [0.2, 0.25) is 0 Å². The molecule has 0 spiro atoms. The molecule has 0 nitrogen and oxygen atoms in total. The summed E-state index contributed by atoms with van der Waals surface area (Å²) in [5.41, 5.74) is 3.27. The number of benzene rings is 4. The first kappa shape index (κ1) is 17.5. The molecule has 0 amide bonds. The average molecular weight is 403 g/mol. The van der Waals surface area contributed by atoms with Crippen LogP contribution >= 0.6 is 0 Å². The van der Waals surface area contributed by atoms with E-state index >= 15 is 0 Å². The monoisotopic (exact) mass is 402 g/mol. The normalized spacial score (nSPS) is 19.2. The van der Waals surface area contributed by atoms with Gasteiger partial charge < -0.3 is 0 Å². The molecule has 1 unspecified atom stereocenters. The van der Waals surface area contributed by atoms with Crippen LogP contribution in [0.25, 0.3) is 16.3 Å². The van der Waals surface area contributed by atoms with Crippen LogP contribution in [-0.2, 0) is 5.41 Å². The second-order valence-corrected chi connectivity index (χ2v) is 9.46. The predicted molar refractivity (Wildman–Crippen MR) is 124 cm³/mol. The molecule has 0 bridgehead atoms. The van der Waals surface area contributed by atoms with E-state index in [0.717, 1.165) is 5.56 Å². The summed E-state index contributed by atoms with van der Waals surface area (Å²) < 4.78 is 13.9. The molecule has 0 N–H and O–H groups in total. The first-order valence-electron chi connectivity index (χ1n) is 10.2. The van der Waals surface area contributed by atoms with Gasteiger partial charge in [-0.25, -0.2) is 4.39 Å². The molecule has 0 saturated carbocycles. The number of allylic oxidation sites excluding steroid dienone is 4. The second-order valence-electron chi connectivity index (χ2n) is 7.93. The highest BCUT2D eigenvalue weighted by Crippen LogP contribution is 2.48. The van der Waals surface area contributed by atoms with E-state index < -0.39 is 5.41 Å². The van der Waals surface area contributed by atoms with Gasteiger partial charge in [0.25, 0.3) is 0 Å². The highest BCUT2D eigenvalue weighted by molar-refractivity contribution is 6.45. The molecule has 0 fully saturated rings. The molecule has 2 heteroatoms. The molecule has 0 radical (unpaired) electrons. The Balaban J connectivity index is 1.81. The van der Waals surface area contributed by atoms with Crippen LogP contribution in [0.3, 0.4) is 0 Å². The highest BCUT2D eigenvalue weighted by atomic mass is 28.2. The summed E-state index contributed by atoms with van der Waals surface area (Å²) in [6, 6.07) is 31.0. The lowest BCUT2D eigenvalue weighted by Gasteiger charge is -2.37. The van der Waals surface area contributed by atoms with Crippen LogP contribution < -0.4 is 5.22 Å². The first-order valence-corrected chi connectivity index (χ1v) is 11.4. The van der Waals surface area contributed by atoms with Crippen molar-refractivity contribution in [1.82, 2.24) is 0 Å². The SMILES string of the molecule is Fc1ccc(C2(c3cccc4ccccc34)C=CC=C3[SiH]=c4ccccc4=C32)cc1. The minimum atomic E-state index is -0.446. The average Bonchev–Trinajstić information content (AvgIpc) is 3.18. The van der Waals surface area contributed by atoms with Gasteiger partial charge >= 0.3 is 0 Å². The third-order valence-corrected chi connectivity index (χ3v) is 7.97. The zero-order valence-corrected chi connectivity index (χ0v) is 17.5. The van der Waals surface area contributed by atoms with Gasteiger partial charge in [0.05, 0.1) is 5.41 Å². The summed E-state index contributed by atoms with van der Waals surface area (Å²) in [5, 5.41) is 5.22. The van der Waals surface area contributed by atoms with Crippen molar-refractivity contribution in [1.29, 1.82) is 0 Å². The van der Waals surface area contributed by atoms with Crippen LogP contribution in [0.15, 0.2) is 114 Å². The fourth-order valence-electron chi connectivity index (χ4n) is 5.10. The smallest absolute Gasteiger partial charge is 0.123 e. The summed E-state index contributed by atoms with van der Waals surface area (Å²) in [7, 11) is 0.0492. The van der Waals surface area contributed by atoms with Gasteiger partial charge in [-0.05, 0) is 54.8 Å². The van der Waals surface area contributed by atoms with Crippen molar-refractivity contribution in [2.45, 2.75) is 5.41 Å². The van der Waals surface area contributed by atoms with Crippen molar-refractivity contribution in [2.24, 2.45) is 0 Å². The molecule has 30 heavy (non-hydrogen) atoms. The fraction of sp³-hybridized carbons (Fsp3) is 0.0357. The van der Waals surface area contributed by atoms with E-state index in [0.29, 0.717) is 0 Å². The maximum absolute atomic E-state index is 13.9. The maximum Gasteiger partial charge on any atom is 0.123 e. The van der Waals surface area contributed by atoms with Crippen LogP contribution in [0.5, 0.6) is 0 Å². The van der Waals surface area contributed by atoms with Gasteiger partial charge in [-0.2, -0.15) is 0 Å². The van der Waals surface area contributed by atoms with Gasteiger partial charge in [0.2, 0.25) is 0 Å². The van der Waals surface area contributed by atoms with Crippen molar-refractivity contribution < 1.29 is 4.39 Å². The molecule has 1 aliphatic carbocycles. The van der Waals surface area contributed by atoms with E-state index in [1.807, 2.05) is 12.1 Å². The Morgan fingerprint density at radius 1 is 0.733 bits per heavy atom. The van der Waals surface area contributed by atoms with Gasteiger partial charge in [0.15, 0.2) is 0 Å². The fourth-order valence-corrected chi connectivity index (χ4v) is 6.77. The minimum Gasteiger partial charge on any atom is -0.207 e. The molecule has 2 aliphatic rings. The van der Waals surface area contributed by atoms with Crippen molar-refractivity contribution in [3.8, 4) is 0 Å². The Kier molecular flexibility index (Phi) is 3.84. The van der Waals surface area contributed by atoms with Crippen molar-refractivity contribution in [3.05, 3.63) is 141 Å². The van der Waals surface area contributed by atoms with Gasteiger partial charge in [-0.15, -0.1) is 0 Å².